The van der Waals surface area contributed by atoms with Gasteiger partial charge in [-0.1, -0.05) is 12.1 Å². The third-order valence-corrected chi connectivity index (χ3v) is 4.30. The molecule has 1 aromatic heterocycles. The first-order valence-corrected chi connectivity index (χ1v) is 8.33. The molecule has 0 aliphatic carbocycles. The van der Waals surface area contributed by atoms with Crippen LogP contribution in [0.2, 0.25) is 0 Å². The van der Waals surface area contributed by atoms with E-state index in [4.69, 9.17) is 9.15 Å². The number of ether oxygens (including phenoxy) is 1. The van der Waals surface area contributed by atoms with E-state index in [1.165, 1.54) is 6.26 Å². The van der Waals surface area contributed by atoms with Crippen molar-refractivity contribution in [3.63, 3.8) is 0 Å². The van der Waals surface area contributed by atoms with Crippen LogP contribution in [0.25, 0.3) is 0 Å². The maximum Gasteiger partial charge on any atom is 0.273 e. The van der Waals surface area contributed by atoms with E-state index >= 15 is 0 Å². The molecule has 2 N–H and O–H groups in total. The number of amides is 1. The molecule has 6 nitrogen and oxygen atoms in total. The molecule has 2 heterocycles. The summed E-state index contributed by atoms with van der Waals surface area (Å²) in [7, 11) is 1.64. The molecule has 1 fully saturated rings. The van der Waals surface area contributed by atoms with Gasteiger partial charge in [-0.3, -0.25) is 4.79 Å². The normalized spacial score (nSPS) is 15.2. The summed E-state index contributed by atoms with van der Waals surface area (Å²) < 4.78 is 10.6. The molecule has 0 radical (unpaired) electrons. The number of hydrogen-bond acceptors (Lipinski definition) is 5. The monoisotopic (exact) mass is 329 g/mol. The summed E-state index contributed by atoms with van der Waals surface area (Å²) >= 11 is 0. The van der Waals surface area contributed by atoms with Crippen molar-refractivity contribution in [2.45, 2.75) is 25.2 Å². The van der Waals surface area contributed by atoms with Crippen molar-refractivity contribution in [2.75, 3.05) is 26.7 Å². The molecule has 0 unspecified atom stereocenters. The average molecular weight is 329 g/mol. The predicted octanol–water partition coefficient (Wildman–Crippen LogP) is 2.12. The van der Waals surface area contributed by atoms with E-state index < -0.39 is 0 Å². The van der Waals surface area contributed by atoms with Crippen LogP contribution in [-0.2, 0) is 6.42 Å². The Morgan fingerprint density at radius 3 is 2.79 bits per heavy atom. The molecule has 1 saturated heterocycles. The fraction of sp³-hybridized carbons (Fsp3) is 0.444. The fourth-order valence-electron chi connectivity index (χ4n) is 2.85. The Morgan fingerprint density at radius 2 is 2.08 bits per heavy atom. The molecule has 2 aromatic rings. The topological polar surface area (TPSA) is 76.4 Å². The van der Waals surface area contributed by atoms with Crippen LogP contribution in [0.3, 0.4) is 0 Å². The van der Waals surface area contributed by atoms with E-state index in [9.17, 15) is 4.79 Å². The van der Waals surface area contributed by atoms with Crippen LogP contribution in [0, 0.1) is 0 Å². The Balaban J connectivity index is 1.48. The highest BCUT2D eigenvalue weighted by molar-refractivity contribution is 5.91. The minimum atomic E-state index is -0.188. The van der Waals surface area contributed by atoms with Gasteiger partial charge < -0.3 is 19.8 Å². The molecule has 1 aliphatic heterocycles. The van der Waals surface area contributed by atoms with E-state index in [-0.39, 0.29) is 5.91 Å². The molecule has 1 aliphatic rings. The van der Waals surface area contributed by atoms with Gasteiger partial charge in [0.15, 0.2) is 11.6 Å². The molecule has 6 heteroatoms. The zero-order valence-corrected chi connectivity index (χ0v) is 13.9. The van der Waals surface area contributed by atoms with Crippen molar-refractivity contribution in [2.24, 2.45) is 0 Å². The van der Waals surface area contributed by atoms with Crippen molar-refractivity contribution in [1.29, 1.82) is 0 Å². The zero-order chi connectivity index (χ0) is 16.8. The Bertz CT molecular complexity index is 660. The summed E-state index contributed by atoms with van der Waals surface area (Å²) in [6.45, 7) is 2.49. The van der Waals surface area contributed by atoms with Gasteiger partial charge in [0.1, 0.15) is 12.0 Å². The van der Waals surface area contributed by atoms with Gasteiger partial charge >= 0.3 is 0 Å². The van der Waals surface area contributed by atoms with Crippen LogP contribution in [0.4, 0.5) is 0 Å². The number of piperidine rings is 1. The Morgan fingerprint density at radius 1 is 1.33 bits per heavy atom. The summed E-state index contributed by atoms with van der Waals surface area (Å²) in [4.78, 5) is 16.5. The quantitative estimate of drug-likeness (QED) is 0.849. The highest BCUT2D eigenvalue weighted by Crippen LogP contribution is 2.24. The third kappa shape index (κ3) is 4.14. The van der Waals surface area contributed by atoms with Crippen LogP contribution in [-0.4, -0.2) is 37.6 Å². The van der Waals surface area contributed by atoms with Gasteiger partial charge in [0.2, 0.25) is 0 Å². The molecular formula is C18H23N3O3. The third-order valence-electron chi connectivity index (χ3n) is 4.30. The second-order valence-corrected chi connectivity index (χ2v) is 5.95. The number of methoxy groups -OCH3 is 1. The highest BCUT2D eigenvalue weighted by Gasteiger charge is 2.21. The van der Waals surface area contributed by atoms with Crippen LogP contribution >= 0.6 is 0 Å². The van der Waals surface area contributed by atoms with E-state index in [1.54, 1.807) is 7.11 Å². The van der Waals surface area contributed by atoms with Crippen LogP contribution in [0.5, 0.6) is 5.75 Å². The van der Waals surface area contributed by atoms with Crippen molar-refractivity contribution in [3.8, 4) is 5.75 Å². The number of nitrogens with zero attached hydrogens (tertiary/aromatic N) is 1. The number of hydrogen-bond donors (Lipinski definition) is 2. The highest BCUT2D eigenvalue weighted by atomic mass is 16.5. The van der Waals surface area contributed by atoms with E-state index in [1.807, 2.05) is 24.3 Å². The number of carbonyl (C=O) groups is 1. The first-order chi connectivity index (χ1) is 11.8. The molecule has 0 spiro atoms. The lowest BCUT2D eigenvalue weighted by Gasteiger charge is -2.19. The Labute approximate surface area is 141 Å². The first-order valence-electron chi connectivity index (χ1n) is 8.33. The maximum atomic E-state index is 12.2. The predicted molar refractivity (Wildman–Crippen MR) is 90.4 cm³/mol. The lowest BCUT2D eigenvalue weighted by Crippen LogP contribution is -2.27. The minimum Gasteiger partial charge on any atom is -0.497 e. The summed E-state index contributed by atoms with van der Waals surface area (Å²) in [6, 6.07) is 7.83. The van der Waals surface area contributed by atoms with Crippen LogP contribution in [0.1, 0.15) is 40.7 Å². The maximum absolute atomic E-state index is 12.2. The summed E-state index contributed by atoms with van der Waals surface area (Å²) in [6.07, 6.45) is 4.22. The van der Waals surface area contributed by atoms with Gasteiger partial charge in [0.05, 0.1) is 7.11 Å². The minimum absolute atomic E-state index is 0.188. The number of oxazole rings is 1. The second-order valence-electron chi connectivity index (χ2n) is 5.95. The number of rotatable bonds is 6. The van der Waals surface area contributed by atoms with Crippen molar-refractivity contribution < 1.29 is 13.9 Å². The number of nitrogens with one attached hydrogen (secondary N) is 2. The van der Waals surface area contributed by atoms with Crippen molar-refractivity contribution >= 4 is 5.91 Å². The molecule has 24 heavy (non-hydrogen) atoms. The van der Waals surface area contributed by atoms with Crippen LogP contribution in [0.15, 0.2) is 34.9 Å². The number of carbonyl (C=O) groups excluding carboxylic acids is 1. The van der Waals surface area contributed by atoms with Crippen LogP contribution < -0.4 is 15.4 Å². The van der Waals surface area contributed by atoms with Crippen molar-refractivity contribution in [3.05, 3.63) is 47.7 Å². The van der Waals surface area contributed by atoms with E-state index in [0.717, 1.165) is 43.7 Å². The fourth-order valence-corrected chi connectivity index (χ4v) is 2.85. The SMILES string of the molecule is COc1ccc(CCNC(=O)c2coc(C3CCNCC3)n2)cc1. The first kappa shape index (κ1) is 16.5. The van der Waals surface area contributed by atoms with Gasteiger partial charge in [-0.25, -0.2) is 4.98 Å². The van der Waals surface area contributed by atoms with Crippen molar-refractivity contribution in [1.82, 2.24) is 15.6 Å². The standard InChI is InChI=1S/C18H23N3O3/c1-23-15-4-2-13(3-5-15)6-11-20-17(22)16-12-24-18(21-16)14-7-9-19-10-8-14/h2-5,12,14,19H,6-11H2,1H3,(H,20,22). The lowest BCUT2D eigenvalue weighted by molar-refractivity contribution is 0.0949. The zero-order valence-electron chi connectivity index (χ0n) is 13.9. The molecule has 3 rings (SSSR count). The molecule has 0 atom stereocenters. The smallest absolute Gasteiger partial charge is 0.273 e. The largest absolute Gasteiger partial charge is 0.497 e. The molecular weight excluding hydrogens is 306 g/mol. The van der Waals surface area contributed by atoms with Gasteiger partial charge in [-0.05, 0) is 50.0 Å². The summed E-state index contributed by atoms with van der Waals surface area (Å²) in [5.41, 5.74) is 1.50. The summed E-state index contributed by atoms with van der Waals surface area (Å²) in [5.74, 6) is 1.63. The molecule has 1 amide bonds. The molecule has 1 aromatic carbocycles. The number of benzene rings is 1. The lowest BCUT2D eigenvalue weighted by atomic mass is 9.98. The van der Waals surface area contributed by atoms with E-state index in [0.29, 0.717) is 24.0 Å². The molecule has 128 valence electrons. The Hall–Kier alpha value is -2.34. The van der Waals surface area contributed by atoms with Gasteiger partial charge in [-0.15, -0.1) is 0 Å². The second kappa shape index (κ2) is 7.97. The van der Waals surface area contributed by atoms with Gasteiger partial charge in [-0.2, -0.15) is 0 Å². The molecule has 0 saturated carbocycles. The Kier molecular flexibility index (Phi) is 5.48. The summed E-state index contributed by atoms with van der Waals surface area (Å²) in [5, 5.41) is 6.20. The van der Waals surface area contributed by atoms with Gasteiger partial charge in [0, 0.05) is 12.5 Å². The van der Waals surface area contributed by atoms with Gasteiger partial charge in [0.25, 0.3) is 5.91 Å². The van der Waals surface area contributed by atoms with E-state index in [2.05, 4.69) is 15.6 Å². The number of aromatic nitrogens is 1. The average Bonchev–Trinajstić information content (AvgIpc) is 3.13. The molecule has 0 bridgehead atoms.